The van der Waals surface area contributed by atoms with Crippen LogP contribution in [-0.2, 0) is 65.4 Å². The number of esters is 4. The van der Waals surface area contributed by atoms with Gasteiger partial charge in [-0.2, -0.15) is 0 Å². The smallest absolute Gasteiger partial charge is 0.462 e. The molecule has 7 atom stereocenters. The molecule has 0 aromatic heterocycles. The number of unbranched alkanes of at least 4 members (excludes halogenated alkanes) is 41. The monoisotopic (exact) mass is 1410 g/mol. The first-order valence-electron chi connectivity index (χ1n) is 39.9. The van der Waals surface area contributed by atoms with E-state index in [0.29, 0.717) is 25.7 Å². The van der Waals surface area contributed by atoms with E-state index in [0.717, 1.165) is 114 Å². The quantitative estimate of drug-likeness (QED) is 0.0222. The Kier molecular flexibility index (Phi) is 66.2. The van der Waals surface area contributed by atoms with Crippen LogP contribution in [0, 0.1) is 17.8 Å². The maximum atomic E-state index is 13.1. The van der Waals surface area contributed by atoms with Gasteiger partial charge in [0.1, 0.15) is 19.3 Å². The highest BCUT2D eigenvalue weighted by Crippen LogP contribution is 2.45. The van der Waals surface area contributed by atoms with E-state index in [2.05, 4.69) is 48.5 Å². The molecular formula is C77H150O17P2. The van der Waals surface area contributed by atoms with Crippen LogP contribution in [0.5, 0.6) is 0 Å². The number of ether oxygens (including phenoxy) is 4. The van der Waals surface area contributed by atoms with Gasteiger partial charge < -0.3 is 33.8 Å². The van der Waals surface area contributed by atoms with E-state index >= 15 is 0 Å². The molecule has 570 valence electrons. The highest BCUT2D eigenvalue weighted by molar-refractivity contribution is 7.47. The van der Waals surface area contributed by atoms with Gasteiger partial charge in [0.05, 0.1) is 26.4 Å². The molecule has 0 rings (SSSR count). The fourth-order valence-corrected chi connectivity index (χ4v) is 13.3. The fraction of sp³-hybridized carbons (Fsp3) is 0.948. The summed E-state index contributed by atoms with van der Waals surface area (Å²) in [5.41, 5.74) is 0. The predicted octanol–water partition coefficient (Wildman–Crippen LogP) is 22.6. The number of rotatable bonds is 75. The Hall–Kier alpha value is -1.94. The molecule has 0 heterocycles. The molecule has 0 aliphatic heterocycles. The van der Waals surface area contributed by atoms with E-state index in [9.17, 15) is 43.2 Å². The largest absolute Gasteiger partial charge is 0.472 e. The van der Waals surface area contributed by atoms with Crippen molar-refractivity contribution in [3.8, 4) is 0 Å². The first-order valence-corrected chi connectivity index (χ1v) is 42.9. The van der Waals surface area contributed by atoms with Gasteiger partial charge in [-0.25, -0.2) is 9.13 Å². The molecular weight excluding hydrogens is 1260 g/mol. The van der Waals surface area contributed by atoms with Crippen molar-refractivity contribution >= 4 is 39.5 Å². The van der Waals surface area contributed by atoms with Crippen LogP contribution in [-0.4, -0.2) is 96.7 Å². The summed E-state index contributed by atoms with van der Waals surface area (Å²) < 4.78 is 68.6. The second-order valence-corrected chi connectivity index (χ2v) is 31.6. The lowest BCUT2D eigenvalue weighted by Gasteiger charge is -2.21. The highest BCUT2D eigenvalue weighted by atomic mass is 31.2. The Balaban J connectivity index is 5.25. The molecule has 0 amide bonds. The molecule has 96 heavy (non-hydrogen) atoms. The summed E-state index contributed by atoms with van der Waals surface area (Å²) in [4.78, 5) is 72.9. The third-order valence-electron chi connectivity index (χ3n) is 18.6. The van der Waals surface area contributed by atoms with E-state index in [1.54, 1.807) is 0 Å². The third kappa shape index (κ3) is 67.9. The van der Waals surface area contributed by atoms with Crippen LogP contribution in [0.2, 0.25) is 0 Å². The molecule has 0 aliphatic rings. The van der Waals surface area contributed by atoms with E-state index in [4.69, 9.17) is 37.0 Å². The van der Waals surface area contributed by atoms with Crippen LogP contribution in [0.25, 0.3) is 0 Å². The Bertz CT molecular complexity index is 1870. The van der Waals surface area contributed by atoms with E-state index in [-0.39, 0.29) is 25.7 Å². The van der Waals surface area contributed by atoms with Gasteiger partial charge in [-0.3, -0.25) is 37.3 Å². The van der Waals surface area contributed by atoms with Gasteiger partial charge in [0.25, 0.3) is 0 Å². The minimum atomic E-state index is -4.96. The lowest BCUT2D eigenvalue weighted by Crippen LogP contribution is -2.30. The number of phosphoric acid groups is 2. The van der Waals surface area contributed by atoms with Crippen molar-refractivity contribution in [2.75, 3.05) is 39.6 Å². The summed E-state index contributed by atoms with van der Waals surface area (Å²) in [6, 6.07) is 0. The van der Waals surface area contributed by atoms with E-state index < -0.39 is 97.5 Å². The number of aliphatic hydroxyl groups is 1. The highest BCUT2D eigenvalue weighted by Gasteiger charge is 2.30. The summed E-state index contributed by atoms with van der Waals surface area (Å²) in [5, 5.41) is 10.6. The van der Waals surface area contributed by atoms with Crippen molar-refractivity contribution in [2.45, 2.75) is 414 Å². The van der Waals surface area contributed by atoms with Gasteiger partial charge >= 0.3 is 39.5 Å². The minimum Gasteiger partial charge on any atom is -0.462 e. The molecule has 0 aromatic carbocycles. The van der Waals surface area contributed by atoms with Crippen LogP contribution in [0.15, 0.2) is 0 Å². The number of phosphoric ester groups is 2. The van der Waals surface area contributed by atoms with Gasteiger partial charge in [-0.1, -0.05) is 344 Å². The van der Waals surface area contributed by atoms with Crippen LogP contribution < -0.4 is 0 Å². The van der Waals surface area contributed by atoms with Gasteiger partial charge in [0.2, 0.25) is 0 Å². The van der Waals surface area contributed by atoms with Crippen LogP contribution in [0.4, 0.5) is 0 Å². The van der Waals surface area contributed by atoms with Gasteiger partial charge in [-0.05, 0) is 43.4 Å². The Labute approximate surface area is 588 Å². The molecule has 3 N–H and O–H groups in total. The van der Waals surface area contributed by atoms with Gasteiger partial charge in [-0.15, -0.1) is 0 Å². The first-order chi connectivity index (χ1) is 46.3. The van der Waals surface area contributed by atoms with Crippen LogP contribution >= 0.6 is 15.6 Å². The average Bonchev–Trinajstić information content (AvgIpc) is 1.67. The molecule has 0 bridgehead atoms. The summed E-state index contributed by atoms with van der Waals surface area (Å²) in [6.07, 6.45) is 54.0. The summed E-state index contributed by atoms with van der Waals surface area (Å²) >= 11 is 0. The molecule has 0 saturated carbocycles. The number of carbonyl (C=O) groups excluding carboxylic acids is 4. The molecule has 0 aliphatic carbocycles. The molecule has 0 spiro atoms. The lowest BCUT2D eigenvalue weighted by atomic mass is 9.99. The molecule has 0 aromatic rings. The van der Waals surface area contributed by atoms with Crippen LogP contribution in [0.1, 0.15) is 395 Å². The van der Waals surface area contributed by atoms with E-state index in [1.165, 1.54) is 199 Å². The van der Waals surface area contributed by atoms with Crippen molar-refractivity contribution in [1.29, 1.82) is 0 Å². The number of aliphatic hydroxyl groups excluding tert-OH is 1. The standard InChI is InChI=1S/C77H150O17P2/c1-8-11-12-13-14-15-16-19-27-32-37-46-53-60-77(82)94-73(65-88-75(80)59-52-45-40-39-43-50-57-70(7)10-3)67-92-96(85,86)90-63-71(78)62-89-95(83,84)91-66-72(64-87-74(79)58-51-44-36-31-26-23-22-24-29-34-41-48-55-68(4)5)93-76(81)61-54-47-38-33-28-21-18-17-20-25-30-35-42-49-56-69(6)9-2/h68-73,78H,8-67H2,1-7H3,(H,83,84)(H,85,86)/t69?,70?,71-,72-,73-/m1/s1. The molecule has 4 unspecified atom stereocenters. The molecule has 19 heteroatoms. The maximum Gasteiger partial charge on any atom is 0.472 e. The SMILES string of the molecule is CCCCCCCCCCCCCCCC(=O)O[C@H](COC(=O)CCCCCCCCC(C)CC)COP(=O)(O)OC[C@H](O)COP(=O)(O)OC[C@@H](COC(=O)CCCCCCCCCCCCCCC(C)C)OC(=O)CCCCCCCCCCCCCCCCC(C)CC. The van der Waals surface area contributed by atoms with Crippen molar-refractivity contribution < 1.29 is 80.2 Å². The van der Waals surface area contributed by atoms with Gasteiger partial charge in [0, 0.05) is 25.7 Å². The van der Waals surface area contributed by atoms with Crippen molar-refractivity contribution in [3.63, 3.8) is 0 Å². The summed E-state index contributed by atoms with van der Waals surface area (Å²) in [7, 11) is -9.91. The second-order valence-electron chi connectivity index (χ2n) is 28.7. The first kappa shape index (κ1) is 94.1. The Morgan fingerprint density at radius 2 is 0.531 bits per heavy atom. The Morgan fingerprint density at radius 3 is 0.792 bits per heavy atom. The molecule has 0 fully saturated rings. The number of hydrogen-bond donors (Lipinski definition) is 3. The molecule has 0 saturated heterocycles. The van der Waals surface area contributed by atoms with Crippen molar-refractivity contribution in [2.24, 2.45) is 17.8 Å². The minimum absolute atomic E-state index is 0.107. The molecule has 17 nitrogen and oxygen atoms in total. The van der Waals surface area contributed by atoms with Gasteiger partial charge in [0.15, 0.2) is 12.2 Å². The fourth-order valence-electron chi connectivity index (χ4n) is 11.7. The zero-order valence-electron chi connectivity index (χ0n) is 62.8. The average molecular weight is 1410 g/mol. The number of hydrogen-bond acceptors (Lipinski definition) is 15. The Morgan fingerprint density at radius 1 is 0.302 bits per heavy atom. The zero-order chi connectivity index (χ0) is 70.9. The normalized spacial score (nSPS) is 14.6. The topological polar surface area (TPSA) is 237 Å². The molecule has 0 radical (unpaired) electrons. The lowest BCUT2D eigenvalue weighted by molar-refractivity contribution is -0.161. The zero-order valence-corrected chi connectivity index (χ0v) is 64.6. The van der Waals surface area contributed by atoms with Crippen molar-refractivity contribution in [3.05, 3.63) is 0 Å². The second kappa shape index (κ2) is 67.5. The van der Waals surface area contributed by atoms with Crippen LogP contribution in [0.3, 0.4) is 0 Å². The van der Waals surface area contributed by atoms with E-state index in [1.807, 2.05) is 0 Å². The summed E-state index contributed by atoms with van der Waals surface area (Å²) in [5.74, 6) is 0.243. The van der Waals surface area contributed by atoms with Crippen molar-refractivity contribution in [1.82, 2.24) is 0 Å². The predicted molar refractivity (Wildman–Crippen MR) is 391 cm³/mol. The third-order valence-corrected chi connectivity index (χ3v) is 20.5. The maximum absolute atomic E-state index is 13.1. The summed E-state index contributed by atoms with van der Waals surface area (Å²) in [6.45, 7) is 11.9. The number of carbonyl (C=O) groups is 4.